The number of nitrogens with two attached hydrogens (primary N) is 1. The van der Waals surface area contributed by atoms with E-state index in [0.29, 0.717) is 0 Å². The number of hydrogen-bond acceptors (Lipinski definition) is 2. The van der Waals surface area contributed by atoms with Crippen molar-refractivity contribution >= 4 is 5.65 Å². The third-order valence-corrected chi connectivity index (χ3v) is 5.64. The van der Waals surface area contributed by atoms with Gasteiger partial charge in [-0.05, 0) is 47.6 Å². The second-order valence-corrected chi connectivity index (χ2v) is 7.22. The van der Waals surface area contributed by atoms with Crippen LogP contribution in [0.15, 0.2) is 79.3 Å². The minimum absolute atomic E-state index is 0.125. The highest BCUT2D eigenvalue weighted by molar-refractivity contribution is 5.91. The van der Waals surface area contributed by atoms with E-state index in [1.165, 1.54) is 28.7 Å². The molecule has 0 aliphatic heterocycles. The van der Waals surface area contributed by atoms with E-state index in [1.807, 2.05) is 18.5 Å². The van der Waals surface area contributed by atoms with Crippen LogP contribution in [0.3, 0.4) is 0 Å². The molecule has 0 radical (unpaired) electrons. The Morgan fingerprint density at radius 2 is 1.62 bits per heavy atom. The molecule has 128 valence electrons. The van der Waals surface area contributed by atoms with E-state index in [4.69, 9.17) is 5.73 Å². The van der Waals surface area contributed by atoms with Gasteiger partial charge in [0.15, 0.2) is 0 Å². The van der Waals surface area contributed by atoms with E-state index in [-0.39, 0.29) is 5.54 Å². The molecule has 0 atom stereocenters. The first kappa shape index (κ1) is 15.4. The van der Waals surface area contributed by atoms with Gasteiger partial charge in [-0.15, -0.1) is 0 Å². The molecular formula is C23H21N3. The van der Waals surface area contributed by atoms with Crippen molar-refractivity contribution in [3.05, 3.63) is 84.8 Å². The van der Waals surface area contributed by atoms with Crippen molar-refractivity contribution in [2.24, 2.45) is 5.73 Å². The summed E-state index contributed by atoms with van der Waals surface area (Å²) in [7, 11) is 0. The number of rotatable bonds is 3. The predicted octanol–water partition coefficient (Wildman–Crippen LogP) is 5.01. The maximum Gasteiger partial charge on any atom is 0.145 e. The van der Waals surface area contributed by atoms with Crippen LogP contribution >= 0.6 is 0 Å². The molecule has 0 spiro atoms. The van der Waals surface area contributed by atoms with Crippen molar-refractivity contribution in [3.63, 3.8) is 0 Å². The van der Waals surface area contributed by atoms with Crippen LogP contribution in [0.1, 0.15) is 24.8 Å². The van der Waals surface area contributed by atoms with E-state index in [9.17, 15) is 0 Å². The predicted molar refractivity (Wildman–Crippen MR) is 106 cm³/mol. The number of nitrogens with zero attached hydrogens (tertiary/aromatic N) is 2. The van der Waals surface area contributed by atoms with Gasteiger partial charge >= 0.3 is 0 Å². The van der Waals surface area contributed by atoms with Crippen LogP contribution in [0.25, 0.3) is 27.9 Å². The number of fused-ring (bicyclic) bond motifs is 1. The van der Waals surface area contributed by atoms with Gasteiger partial charge in [-0.2, -0.15) is 0 Å². The average Bonchev–Trinajstić information content (AvgIpc) is 3.15. The van der Waals surface area contributed by atoms with Gasteiger partial charge in [-0.1, -0.05) is 54.6 Å². The molecule has 2 heterocycles. The van der Waals surface area contributed by atoms with Crippen LogP contribution in [0.2, 0.25) is 0 Å². The SMILES string of the molecule is NC1(c2ccc(-c3c(-c4ccccc4)ccn4ccnc34)cc2)CCC1. The zero-order valence-electron chi connectivity index (χ0n) is 14.6. The highest BCUT2D eigenvalue weighted by Crippen LogP contribution is 2.40. The van der Waals surface area contributed by atoms with Gasteiger partial charge in [0.05, 0.1) is 0 Å². The monoisotopic (exact) mass is 339 g/mol. The standard InChI is InChI=1S/C23H21N3/c24-23(12-4-13-23)19-9-7-18(8-10-19)21-20(17-5-2-1-3-6-17)11-15-26-16-14-25-22(21)26/h1-3,5-11,14-16H,4,12-13,24H2. The summed E-state index contributed by atoms with van der Waals surface area (Å²) in [4.78, 5) is 4.62. The van der Waals surface area contributed by atoms with Crippen molar-refractivity contribution in [2.45, 2.75) is 24.8 Å². The fourth-order valence-electron chi connectivity index (χ4n) is 3.94. The lowest BCUT2D eigenvalue weighted by atomic mass is 9.72. The Balaban J connectivity index is 1.69. The topological polar surface area (TPSA) is 43.3 Å². The summed E-state index contributed by atoms with van der Waals surface area (Å²) in [5, 5.41) is 0. The van der Waals surface area contributed by atoms with Gasteiger partial charge in [0.1, 0.15) is 5.65 Å². The van der Waals surface area contributed by atoms with Crippen LogP contribution in [0.5, 0.6) is 0 Å². The van der Waals surface area contributed by atoms with Gasteiger partial charge in [0.25, 0.3) is 0 Å². The van der Waals surface area contributed by atoms with Crippen LogP contribution in [0, 0.1) is 0 Å². The summed E-state index contributed by atoms with van der Waals surface area (Å²) in [5.41, 5.74) is 13.3. The lowest BCUT2D eigenvalue weighted by molar-refractivity contribution is 0.253. The van der Waals surface area contributed by atoms with Gasteiger partial charge in [0.2, 0.25) is 0 Å². The normalized spacial score (nSPS) is 15.7. The molecule has 4 aromatic rings. The molecule has 26 heavy (non-hydrogen) atoms. The van der Waals surface area contributed by atoms with Crippen molar-refractivity contribution in [1.29, 1.82) is 0 Å². The molecule has 0 amide bonds. The van der Waals surface area contributed by atoms with Crippen LogP contribution < -0.4 is 5.73 Å². The van der Waals surface area contributed by atoms with Crippen molar-refractivity contribution < 1.29 is 0 Å². The van der Waals surface area contributed by atoms with E-state index < -0.39 is 0 Å². The van der Waals surface area contributed by atoms with Gasteiger partial charge in [0, 0.05) is 29.7 Å². The molecule has 3 heteroatoms. The average molecular weight is 339 g/mol. The number of hydrogen-bond donors (Lipinski definition) is 1. The summed E-state index contributed by atoms with van der Waals surface area (Å²) < 4.78 is 2.08. The number of benzene rings is 2. The largest absolute Gasteiger partial charge is 0.321 e. The van der Waals surface area contributed by atoms with E-state index in [1.54, 1.807) is 0 Å². The fourth-order valence-corrected chi connectivity index (χ4v) is 3.94. The van der Waals surface area contributed by atoms with E-state index in [0.717, 1.165) is 24.1 Å². The van der Waals surface area contributed by atoms with E-state index in [2.05, 4.69) is 70.2 Å². The summed E-state index contributed by atoms with van der Waals surface area (Å²) in [6.45, 7) is 0. The Kier molecular flexibility index (Phi) is 3.44. The van der Waals surface area contributed by atoms with Crippen molar-refractivity contribution in [1.82, 2.24) is 9.38 Å². The van der Waals surface area contributed by atoms with E-state index >= 15 is 0 Å². The molecule has 5 rings (SSSR count). The lowest BCUT2D eigenvalue weighted by Gasteiger charge is -2.38. The molecule has 2 N–H and O–H groups in total. The highest BCUT2D eigenvalue weighted by Gasteiger charge is 2.34. The van der Waals surface area contributed by atoms with Crippen molar-refractivity contribution in [3.8, 4) is 22.3 Å². The quantitative estimate of drug-likeness (QED) is 0.570. The molecule has 3 nitrogen and oxygen atoms in total. The second-order valence-electron chi connectivity index (χ2n) is 7.22. The summed E-state index contributed by atoms with van der Waals surface area (Å²) in [5.74, 6) is 0. The fraction of sp³-hybridized carbons (Fsp3) is 0.174. The summed E-state index contributed by atoms with van der Waals surface area (Å²) in [6, 6.07) is 21.4. The molecule has 2 aromatic heterocycles. The van der Waals surface area contributed by atoms with Gasteiger partial charge < -0.3 is 10.1 Å². The van der Waals surface area contributed by atoms with Crippen LogP contribution in [-0.2, 0) is 5.54 Å². The number of imidazole rings is 1. The highest BCUT2D eigenvalue weighted by atomic mass is 15.0. The second kappa shape index (κ2) is 5.82. The van der Waals surface area contributed by atoms with Crippen LogP contribution in [-0.4, -0.2) is 9.38 Å². The zero-order valence-corrected chi connectivity index (χ0v) is 14.6. The van der Waals surface area contributed by atoms with Crippen LogP contribution in [0.4, 0.5) is 0 Å². The molecule has 1 aliphatic rings. The maximum atomic E-state index is 6.49. The molecule has 2 aromatic carbocycles. The Labute approximate surface area is 153 Å². The minimum atomic E-state index is -0.125. The molecule has 0 unspecified atom stereocenters. The Morgan fingerprint density at radius 3 is 2.31 bits per heavy atom. The third-order valence-electron chi connectivity index (χ3n) is 5.64. The lowest BCUT2D eigenvalue weighted by Crippen LogP contribution is -2.43. The Morgan fingerprint density at radius 1 is 0.846 bits per heavy atom. The summed E-state index contributed by atoms with van der Waals surface area (Å²) >= 11 is 0. The molecule has 1 saturated carbocycles. The van der Waals surface area contributed by atoms with Crippen molar-refractivity contribution in [2.75, 3.05) is 0 Å². The molecule has 1 aliphatic carbocycles. The summed E-state index contributed by atoms with van der Waals surface area (Å²) in [6.07, 6.45) is 9.31. The molecule has 1 fully saturated rings. The third kappa shape index (κ3) is 2.36. The maximum absolute atomic E-state index is 6.49. The molecule has 0 bridgehead atoms. The minimum Gasteiger partial charge on any atom is -0.321 e. The van der Waals surface area contributed by atoms with Gasteiger partial charge in [-0.3, -0.25) is 0 Å². The Bertz CT molecular complexity index is 1060. The first-order valence-corrected chi connectivity index (χ1v) is 9.15. The molecule has 0 saturated heterocycles. The molecular weight excluding hydrogens is 318 g/mol. The zero-order chi connectivity index (χ0) is 17.6. The first-order chi connectivity index (χ1) is 12.7. The number of aromatic nitrogens is 2. The Hall–Kier alpha value is -2.91. The first-order valence-electron chi connectivity index (χ1n) is 9.15. The van der Waals surface area contributed by atoms with Gasteiger partial charge in [-0.25, -0.2) is 4.98 Å². The number of pyridine rings is 1. The smallest absolute Gasteiger partial charge is 0.145 e.